The number of unbranched alkanes of at least 4 members (excludes halogenated alkanes) is 11. The molecule has 0 amide bonds. The van der Waals surface area contributed by atoms with Gasteiger partial charge in [-0.25, -0.2) is 0 Å². The van der Waals surface area contributed by atoms with Crippen molar-refractivity contribution in [2.24, 2.45) is 29.6 Å². The van der Waals surface area contributed by atoms with E-state index >= 15 is 0 Å². The molecule has 0 saturated heterocycles. The molecule has 0 aliphatic heterocycles. The number of hydrogen-bond donors (Lipinski definition) is 0. The van der Waals surface area contributed by atoms with Gasteiger partial charge in [0, 0.05) is 25.4 Å². The van der Waals surface area contributed by atoms with E-state index in [-0.39, 0.29) is 24.0 Å². The van der Waals surface area contributed by atoms with Gasteiger partial charge >= 0.3 is 11.9 Å². The van der Waals surface area contributed by atoms with E-state index in [4.69, 9.17) is 14.2 Å². The third kappa shape index (κ3) is 39.2. The Labute approximate surface area is 341 Å². The minimum atomic E-state index is -0.0496. The second kappa shape index (κ2) is 38.1. The molecule has 0 bridgehead atoms. The van der Waals surface area contributed by atoms with Gasteiger partial charge in [0.25, 0.3) is 0 Å². The number of rotatable bonds is 41. The van der Waals surface area contributed by atoms with E-state index in [1.807, 2.05) is 14.1 Å². The van der Waals surface area contributed by atoms with Gasteiger partial charge in [-0.15, -0.1) is 0 Å². The van der Waals surface area contributed by atoms with Crippen molar-refractivity contribution in [3.8, 4) is 0 Å². The lowest BCUT2D eigenvalue weighted by Gasteiger charge is -2.18. The summed E-state index contributed by atoms with van der Waals surface area (Å²) in [6, 6.07) is 0. The molecule has 0 spiro atoms. The van der Waals surface area contributed by atoms with Crippen LogP contribution in [0.25, 0.3) is 0 Å². The number of carbonyl (C=O) groups is 3. The van der Waals surface area contributed by atoms with Crippen LogP contribution in [0.3, 0.4) is 0 Å². The summed E-state index contributed by atoms with van der Waals surface area (Å²) >= 11 is 0. The first-order valence-electron chi connectivity index (χ1n) is 23.5. The van der Waals surface area contributed by atoms with Gasteiger partial charge in [-0.05, 0) is 102 Å². The maximum absolute atomic E-state index is 12.6. The minimum Gasteiger partial charge on any atom is -0.466 e. The van der Waals surface area contributed by atoms with Crippen molar-refractivity contribution in [2.45, 2.75) is 221 Å². The second-order valence-electron chi connectivity index (χ2n) is 18.4. The molecule has 7 heteroatoms. The van der Waals surface area contributed by atoms with Crippen LogP contribution in [0.2, 0.25) is 0 Å². The fourth-order valence-corrected chi connectivity index (χ4v) is 7.25. The Hall–Kier alpha value is -1.47. The van der Waals surface area contributed by atoms with E-state index in [0.29, 0.717) is 37.9 Å². The smallest absolute Gasteiger partial charge is 0.306 e. The van der Waals surface area contributed by atoms with E-state index in [9.17, 15) is 14.4 Å². The number of nitrogens with zero attached hydrogens (tertiary/aromatic N) is 1. The summed E-state index contributed by atoms with van der Waals surface area (Å²) in [6.45, 7) is 16.5. The highest BCUT2D eigenvalue weighted by Crippen LogP contribution is 2.20. The van der Waals surface area contributed by atoms with Gasteiger partial charge in [-0.1, -0.05) is 144 Å². The summed E-state index contributed by atoms with van der Waals surface area (Å²) < 4.78 is 17.4. The molecule has 0 heterocycles. The van der Waals surface area contributed by atoms with Crippen molar-refractivity contribution < 1.29 is 28.6 Å². The van der Waals surface area contributed by atoms with Crippen molar-refractivity contribution in [3.05, 3.63) is 0 Å². The van der Waals surface area contributed by atoms with Crippen LogP contribution in [0.4, 0.5) is 0 Å². The first kappa shape index (κ1) is 53.5. The fourth-order valence-electron chi connectivity index (χ4n) is 7.25. The number of aldehydes is 1. The highest BCUT2D eigenvalue weighted by atomic mass is 16.5. The van der Waals surface area contributed by atoms with Crippen LogP contribution in [0, 0.1) is 29.6 Å². The Bertz CT molecular complexity index is 876. The first-order valence-corrected chi connectivity index (χ1v) is 23.5. The molecule has 0 aromatic carbocycles. The van der Waals surface area contributed by atoms with Gasteiger partial charge in [-0.2, -0.15) is 0 Å². The molecular formula is C48H93NO6. The molecule has 0 rings (SSSR count). The largest absolute Gasteiger partial charge is 0.466 e. The monoisotopic (exact) mass is 780 g/mol. The van der Waals surface area contributed by atoms with Crippen LogP contribution < -0.4 is 0 Å². The van der Waals surface area contributed by atoms with Gasteiger partial charge in [0.15, 0.2) is 0 Å². The zero-order chi connectivity index (χ0) is 40.9. The maximum atomic E-state index is 12.6. The average Bonchev–Trinajstić information content (AvgIpc) is 3.12. The minimum absolute atomic E-state index is 0.0214. The van der Waals surface area contributed by atoms with Crippen molar-refractivity contribution in [1.29, 1.82) is 0 Å². The molecule has 7 nitrogen and oxygen atoms in total. The SMILES string of the molecule is CC(C)CCCC(C)CCOCC(C=O)CCCCCCCCC(CCCCCCCCCC(=O)OCCC(C)CCCC(C)C)OC(=O)CCCN(C)C. The van der Waals surface area contributed by atoms with E-state index in [1.165, 1.54) is 64.2 Å². The van der Waals surface area contributed by atoms with Crippen LogP contribution >= 0.6 is 0 Å². The quantitative estimate of drug-likeness (QED) is 0.0347. The summed E-state index contributed by atoms with van der Waals surface area (Å²) in [5.74, 6) is 2.79. The van der Waals surface area contributed by atoms with Gasteiger partial charge < -0.3 is 23.9 Å². The molecule has 0 aliphatic rings. The molecular weight excluding hydrogens is 687 g/mol. The third-order valence-corrected chi connectivity index (χ3v) is 11.2. The van der Waals surface area contributed by atoms with E-state index < -0.39 is 0 Å². The Morgan fingerprint density at radius 2 is 0.982 bits per heavy atom. The summed E-state index contributed by atoms with van der Waals surface area (Å²) in [7, 11) is 4.07. The highest BCUT2D eigenvalue weighted by Gasteiger charge is 2.15. The summed E-state index contributed by atoms with van der Waals surface area (Å²) in [5, 5.41) is 0. The lowest BCUT2D eigenvalue weighted by Crippen LogP contribution is -2.20. The zero-order valence-corrected chi connectivity index (χ0v) is 37.9. The summed E-state index contributed by atoms with van der Waals surface area (Å²) in [6.07, 6.45) is 30.2. The molecule has 4 atom stereocenters. The van der Waals surface area contributed by atoms with Gasteiger partial charge in [0.05, 0.1) is 13.2 Å². The molecule has 0 aromatic heterocycles. The maximum Gasteiger partial charge on any atom is 0.306 e. The molecule has 0 N–H and O–H groups in total. The summed E-state index contributed by atoms with van der Waals surface area (Å²) in [5.41, 5.74) is 0. The van der Waals surface area contributed by atoms with Gasteiger partial charge in [-0.3, -0.25) is 9.59 Å². The van der Waals surface area contributed by atoms with Crippen molar-refractivity contribution in [3.63, 3.8) is 0 Å². The molecule has 55 heavy (non-hydrogen) atoms. The first-order chi connectivity index (χ1) is 26.4. The number of ether oxygens (including phenoxy) is 3. The van der Waals surface area contributed by atoms with Crippen LogP contribution in [0.5, 0.6) is 0 Å². The second-order valence-corrected chi connectivity index (χ2v) is 18.4. The van der Waals surface area contributed by atoms with Crippen LogP contribution in [-0.2, 0) is 28.6 Å². The molecule has 4 unspecified atom stereocenters. The predicted octanol–water partition coefficient (Wildman–Crippen LogP) is 13.0. The Kier molecular flexibility index (Phi) is 37.1. The topological polar surface area (TPSA) is 82.1 Å². The van der Waals surface area contributed by atoms with Gasteiger partial charge in [0.2, 0.25) is 0 Å². The Morgan fingerprint density at radius 1 is 0.509 bits per heavy atom. The van der Waals surface area contributed by atoms with Crippen LogP contribution in [-0.4, -0.2) is 69.7 Å². The van der Waals surface area contributed by atoms with Crippen LogP contribution in [0.1, 0.15) is 215 Å². The van der Waals surface area contributed by atoms with Crippen molar-refractivity contribution in [2.75, 3.05) is 40.5 Å². The normalized spacial score (nSPS) is 14.0. The van der Waals surface area contributed by atoms with E-state index in [1.54, 1.807) is 0 Å². The lowest BCUT2D eigenvalue weighted by atomic mass is 9.97. The molecule has 326 valence electrons. The van der Waals surface area contributed by atoms with Crippen molar-refractivity contribution in [1.82, 2.24) is 4.90 Å². The third-order valence-electron chi connectivity index (χ3n) is 11.2. The average molecular weight is 780 g/mol. The van der Waals surface area contributed by atoms with Gasteiger partial charge in [0.1, 0.15) is 12.4 Å². The lowest BCUT2D eigenvalue weighted by molar-refractivity contribution is -0.150. The van der Waals surface area contributed by atoms with Crippen LogP contribution in [0.15, 0.2) is 0 Å². The van der Waals surface area contributed by atoms with E-state index in [2.05, 4.69) is 46.4 Å². The molecule has 0 radical (unpaired) electrons. The molecule has 0 aliphatic carbocycles. The molecule has 0 saturated carbocycles. The van der Waals surface area contributed by atoms with E-state index in [0.717, 1.165) is 128 Å². The van der Waals surface area contributed by atoms with Crippen molar-refractivity contribution >= 4 is 18.2 Å². The number of hydrogen-bond acceptors (Lipinski definition) is 7. The molecule has 0 fully saturated rings. The highest BCUT2D eigenvalue weighted by molar-refractivity contribution is 5.69. The standard InChI is InChI=1S/C48H93NO6/c1-41(2)25-22-27-43(5)34-37-53-40-45(39-50)29-18-14-12-13-16-20-31-46(55-48(52)33-24-36-49(7)8)30-19-15-10-9-11-17-21-32-47(51)54-38-35-44(6)28-23-26-42(3)4/h39,41-46H,9-38,40H2,1-8H3. The Morgan fingerprint density at radius 3 is 1.49 bits per heavy atom. The Balaban J connectivity index is 4.14. The fraction of sp³-hybridized carbons (Fsp3) is 0.938. The number of carbonyl (C=O) groups excluding carboxylic acids is 3. The summed E-state index contributed by atoms with van der Waals surface area (Å²) in [4.78, 5) is 38.4. The predicted molar refractivity (Wildman–Crippen MR) is 232 cm³/mol. The zero-order valence-electron chi connectivity index (χ0n) is 37.9. The number of esters is 2. The molecule has 0 aromatic rings.